The highest BCUT2D eigenvalue weighted by Crippen LogP contribution is 2.20. The number of carbonyl (C=O) groups excluding carboxylic acids is 2. The van der Waals surface area contributed by atoms with Gasteiger partial charge in [0.05, 0.1) is 19.4 Å². The fourth-order valence-electron chi connectivity index (χ4n) is 2.66. The Morgan fingerprint density at radius 2 is 1.52 bits per heavy atom. The molecule has 2 N–H and O–H groups in total. The molecule has 6 nitrogen and oxygen atoms in total. The number of amides is 1. The minimum absolute atomic E-state index is 0.0809. The van der Waals surface area contributed by atoms with Crippen molar-refractivity contribution in [2.24, 2.45) is 0 Å². The number of hydrogen-bond donors (Lipinski definition) is 2. The molecule has 2 rings (SSSR count). The summed E-state index contributed by atoms with van der Waals surface area (Å²) in [5, 5.41) is 10.9. The lowest BCUT2D eigenvalue weighted by Crippen LogP contribution is -2.34. The lowest BCUT2D eigenvalue weighted by Gasteiger charge is -2.12. The molecule has 2 aromatic rings. The monoisotopic (exact) mass is 431 g/mol. The first-order valence-electron chi connectivity index (χ1n) is 10.3. The molecule has 0 aliphatic heterocycles. The predicted molar refractivity (Wildman–Crippen MR) is 117 cm³/mol. The molecule has 0 radical (unpaired) electrons. The topological polar surface area (TPSA) is 92.7 Å². The zero-order chi connectivity index (χ0) is 23.2. The van der Waals surface area contributed by atoms with Gasteiger partial charge in [-0.1, -0.05) is 43.3 Å². The fourth-order valence-corrected chi connectivity index (χ4v) is 2.66. The van der Waals surface area contributed by atoms with Gasteiger partial charge in [-0.2, -0.15) is 0 Å². The third kappa shape index (κ3) is 10.9. The van der Waals surface area contributed by atoms with Crippen LogP contribution in [0.5, 0.6) is 0 Å². The van der Waals surface area contributed by atoms with Crippen LogP contribution < -0.4 is 5.32 Å². The summed E-state index contributed by atoms with van der Waals surface area (Å²) in [6.07, 6.45) is 0.844. The van der Waals surface area contributed by atoms with Gasteiger partial charge in [0.25, 0.3) is 0 Å². The van der Waals surface area contributed by atoms with Crippen molar-refractivity contribution in [2.45, 2.75) is 52.5 Å². The average molecular weight is 432 g/mol. The van der Waals surface area contributed by atoms with Crippen molar-refractivity contribution in [3.63, 3.8) is 0 Å². The number of carboxylic acid groups (broad SMARTS) is 1. The molecule has 0 bridgehead atoms. The Morgan fingerprint density at radius 1 is 0.968 bits per heavy atom. The van der Waals surface area contributed by atoms with Crippen LogP contribution in [0.15, 0.2) is 48.5 Å². The predicted octanol–water partition coefficient (Wildman–Crippen LogP) is 4.36. The molecular weight excluding hydrogens is 401 g/mol. The number of nitrogens with one attached hydrogen (secondary N) is 1. The van der Waals surface area contributed by atoms with Crippen LogP contribution in [0.2, 0.25) is 0 Å². The summed E-state index contributed by atoms with van der Waals surface area (Å²) in [4.78, 5) is 32.4. The van der Waals surface area contributed by atoms with Crippen molar-refractivity contribution in [2.75, 3.05) is 6.61 Å². The van der Waals surface area contributed by atoms with Crippen LogP contribution in [0.3, 0.4) is 0 Å². The standard InChI is InChI=1S/C14H13F.C10H17NO5/c1-2-11-3-5-12(6-4-11)13-7-9-14(15)10-8-13;1-3-16-10(15)6-7(2)11-8(12)4-5-9(13)14/h3-10H,2H2,1H3;7H,3-6H2,1-2H3,(H,11,12)(H,13,14). The number of benzene rings is 2. The van der Waals surface area contributed by atoms with E-state index in [2.05, 4.69) is 36.5 Å². The van der Waals surface area contributed by atoms with Crippen molar-refractivity contribution in [3.05, 3.63) is 59.9 Å². The van der Waals surface area contributed by atoms with Crippen LogP contribution in [0.4, 0.5) is 4.39 Å². The highest BCUT2D eigenvalue weighted by atomic mass is 19.1. The summed E-state index contributed by atoms with van der Waals surface area (Å²) in [6, 6.07) is 14.6. The second kappa shape index (κ2) is 13.9. The minimum Gasteiger partial charge on any atom is -0.481 e. The first-order chi connectivity index (χ1) is 14.7. The van der Waals surface area contributed by atoms with Gasteiger partial charge in [-0.15, -0.1) is 0 Å². The van der Waals surface area contributed by atoms with Gasteiger partial charge in [0.1, 0.15) is 5.82 Å². The number of carboxylic acids is 1. The largest absolute Gasteiger partial charge is 0.481 e. The van der Waals surface area contributed by atoms with Crippen LogP contribution >= 0.6 is 0 Å². The van der Waals surface area contributed by atoms with E-state index in [4.69, 9.17) is 9.84 Å². The Hall–Kier alpha value is -3.22. The molecule has 2 aromatic carbocycles. The highest BCUT2D eigenvalue weighted by molar-refractivity contribution is 5.81. The van der Waals surface area contributed by atoms with Crippen LogP contribution in [-0.4, -0.2) is 35.6 Å². The van der Waals surface area contributed by atoms with Crippen LogP contribution in [0, 0.1) is 5.82 Å². The first kappa shape index (κ1) is 25.8. The molecule has 0 heterocycles. The van der Waals surface area contributed by atoms with E-state index >= 15 is 0 Å². The van der Waals surface area contributed by atoms with Crippen LogP contribution in [-0.2, 0) is 25.5 Å². The molecule has 1 amide bonds. The third-order valence-corrected chi connectivity index (χ3v) is 4.29. The fraction of sp³-hybridized carbons (Fsp3) is 0.375. The Kier molecular flexibility index (Phi) is 11.6. The number of halogens is 1. The number of rotatable bonds is 9. The molecule has 168 valence electrons. The van der Waals surface area contributed by atoms with Gasteiger partial charge < -0.3 is 15.2 Å². The highest BCUT2D eigenvalue weighted by Gasteiger charge is 2.13. The number of hydrogen-bond acceptors (Lipinski definition) is 4. The second-order valence-corrected chi connectivity index (χ2v) is 6.93. The molecular formula is C24H30FNO5. The summed E-state index contributed by atoms with van der Waals surface area (Å²) < 4.78 is 17.4. The van der Waals surface area contributed by atoms with Crippen molar-refractivity contribution in [1.29, 1.82) is 0 Å². The molecule has 0 aromatic heterocycles. The van der Waals surface area contributed by atoms with E-state index in [0.29, 0.717) is 6.61 Å². The Bertz CT molecular complexity index is 834. The van der Waals surface area contributed by atoms with Gasteiger partial charge in [0, 0.05) is 12.5 Å². The van der Waals surface area contributed by atoms with Gasteiger partial charge in [-0.25, -0.2) is 4.39 Å². The van der Waals surface area contributed by atoms with E-state index in [1.54, 1.807) is 26.0 Å². The molecule has 0 spiro atoms. The molecule has 0 saturated carbocycles. The molecule has 0 saturated heterocycles. The third-order valence-electron chi connectivity index (χ3n) is 4.29. The number of ether oxygens (including phenoxy) is 1. The lowest BCUT2D eigenvalue weighted by atomic mass is 10.0. The molecule has 7 heteroatoms. The minimum atomic E-state index is -1.02. The van der Waals surface area contributed by atoms with Crippen molar-refractivity contribution in [1.82, 2.24) is 5.32 Å². The van der Waals surface area contributed by atoms with Crippen molar-refractivity contribution in [3.8, 4) is 11.1 Å². The van der Waals surface area contributed by atoms with Crippen LogP contribution in [0.1, 0.15) is 45.6 Å². The zero-order valence-corrected chi connectivity index (χ0v) is 18.2. The first-order valence-corrected chi connectivity index (χ1v) is 10.3. The smallest absolute Gasteiger partial charge is 0.307 e. The van der Waals surface area contributed by atoms with Gasteiger partial charge in [-0.05, 0) is 49.1 Å². The zero-order valence-electron chi connectivity index (χ0n) is 18.2. The molecule has 0 aliphatic carbocycles. The average Bonchev–Trinajstić information content (AvgIpc) is 2.73. The van der Waals surface area contributed by atoms with E-state index in [1.807, 2.05) is 0 Å². The van der Waals surface area contributed by atoms with Crippen molar-refractivity contribution < 1.29 is 28.6 Å². The van der Waals surface area contributed by atoms with E-state index in [9.17, 15) is 18.8 Å². The van der Waals surface area contributed by atoms with Gasteiger partial charge in [0.2, 0.25) is 5.91 Å². The van der Waals surface area contributed by atoms with Crippen molar-refractivity contribution >= 4 is 17.8 Å². The van der Waals surface area contributed by atoms with Gasteiger partial charge in [-0.3, -0.25) is 14.4 Å². The molecule has 1 atom stereocenters. The summed E-state index contributed by atoms with van der Waals surface area (Å²) >= 11 is 0. The van der Waals surface area contributed by atoms with Gasteiger partial charge >= 0.3 is 11.9 Å². The lowest BCUT2D eigenvalue weighted by molar-refractivity contribution is -0.144. The number of esters is 1. The number of aryl methyl sites for hydroxylation is 1. The van der Waals surface area contributed by atoms with Gasteiger partial charge in [0.15, 0.2) is 0 Å². The Morgan fingerprint density at radius 3 is 2.00 bits per heavy atom. The normalized spacial score (nSPS) is 11.0. The maximum Gasteiger partial charge on any atom is 0.307 e. The second-order valence-electron chi connectivity index (χ2n) is 6.93. The quantitative estimate of drug-likeness (QED) is 0.576. The molecule has 31 heavy (non-hydrogen) atoms. The van der Waals surface area contributed by atoms with E-state index < -0.39 is 5.97 Å². The molecule has 1 unspecified atom stereocenters. The van der Waals surface area contributed by atoms with E-state index in [1.165, 1.54) is 17.7 Å². The Balaban J connectivity index is 0.000000310. The summed E-state index contributed by atoms with van der Waals surface area (Å²) in [5.74, 6) is -1.97. The van der Waals surface area contributed by atoms with E-state index in [-0.39, 0.29) is 43.0 Å². The summed E-state index contributed by atoms with van der Waals surface area (Å²) in [6.45, 7) is 5.80. The maximum atomic E-state index is 12.7. The Labute approximate surface area is 182 Å². The molecule has 0 fully saturated rings. The number of aliphatic carboxylic acids is 1. The summed E-state index contributed by atoms with van der Waals surface area (Å²) in [7, 11) is 0. The van der Waals surface area contributed by atoms with Crippen LogP contribution in [0.25, 0.3) is 11.1 Å². The molecule has 0 aliphatic rings. The number of carbonyl (C=O) groups is 3. The summed E-state index contributed by atoms with van der Waals surface area (Å²) in [5.41, 5.74) is 3.51. The van der Waals surface area contributed by atoms with E-state index in [0.717, 1.165) is 17.5 Å². The maximum absolute atomic E-state index is 12.7. The SMILES string of the molecule is CCOC(=O)CC(C)NC(=O)CCC(=O)O.CCc1ccc(-c2ccc(F)cc2)cc1.